The molecule has 0 N–H and O–H groups in total. The van der Waals surface area contributed by atoms with Gasteiger partial charge in [0.15, 0.2) is 0 Å². The predicted octanol–water partition coefficient (Wildman–Crippen LogP) is 11.9. The SMILES string of the molecule is CC(C)(C)c1cccc(OP(Oc2cccc(C(C)(C)C)c2)Oc2c(C(C)(C)C)cc(C(C)(C)C)cc2C(C)(C)C)c1. The van der Waals surface area contributed by atoms with Crippen molar-refractivity contribution in [2.24, 2.45) is 0 Å². The van der Waals surface area contributed by atoms with Gasteiger partial charge in [-0.2, -0.15) is 0 Å². The minimum Gasteiger partial charge on any atom is -0.408 e. The zero-order chi connectivity index (χ0) is 31.9. The first kappa shape index (κ1) is 34.0. The summed E-state index contributed by atoms with van der Waals surface area (Å²) in [6, 6.07) is 21.2. The second-order valence-corrected chi connectivity index (χ2v) is 17.7. The van der Waals surface area contributed by atoms with E-state index in [9.17, 15) is 0 Å². The monoisotopic (exact) mass is 590 g/mol. The van der Waals surface area contributed by atoms with E-state index >= 15 is 0 Å². The molecule has 0 aliphatic rings. The molecule has 230 valence electrons. The van der Waals surface area contributed by atoms with Crippen LogP contribution >= 0.6 is 8.60 Å². The fraction of sp³-hybridized carbons (Fsp3) is 0.526. The Bertz CT molecular complexity index is 1270. The molecule has 0 fully saturated rings. The summed E-state index contributed by atoms with van der Waals surface area (Å²) in [6.45, 7) is 33.6. The van der Waals surface area contributed by atoms with Crippen molar-refractivity contribution in [1.82, 2.24) is 0 Å². The Hall–Kier alpha value is -2.51. The number of benzene rings is 3. The lowest BCUT2D eigenvalue weighted by Crippen LogP contribution is -2.23. The molecule has 0 heterocycles. The lowest BCUT2D eigenvalue weighted by atomic mass is 9.75. The van der Waals surface area contributed by atoms with Crippen LogP contribution in [0.1, 0.15) is 132 Å². The number of rotatable bonds is 6. The summed E-state index contributed by atoms with van der Waals surface area (Å²) < 4.78 is 20.3. The Morgan fingerprint density at radius 3 is 1.07 bits per heavy atom. The van der Waals surface area contributed by atoms with Crippen molar-refractivity contribution in [1.29, 1.82) is 0 Å². The maximum Gasteiger partial charge on any atom is 0.530 e. The predicted molar refractivity (Wildman–Crippen MR) is 182 cm³/mol. The van der Waals surface area contributed by atoms with Crippen LogP contribution in [0.15, 0.2) is 60.7 Å². The lowest BCUT2D eigenvalue weighted by Gasteiger charge is -2.33. The van der Waals surface area contributed by atoms with Crippen LogP contribution in [0.25, 0.3) is 0 Å². The van der Waals surface area contributed by atoms with Crippen molar-refractivity contribution in [3.63, 3.8) is 0 Å². The van der Waals surface area contributed by atoms with E-state index in [4.69, 9.17) is 13.6 Å². The highest BCUT2D eigenvalue weighted by Crippen LogP contribution is 2.50. The highest BCUT2D eigenvalue weighted by molar-refractivity contribution is 7.43. The second-order valence-electron chi connectivity index (χ2n) is 16.7. The largest absolute Gasteiger partial charge is 0.530 e. The maximum absolute atomic E-state index is 6.98. The standard InChI is InChI=1S/C38H55O3P/c1-34(2,3)26-18-16-20-29(22-26)39-42(40-30-21-17-19-27(23-30)35(4,5)6)41-33-31(37(10,11)12)24-28(36(7,8)9)25-32(33)38(13,14)15/h16-25H,1-15H3. The summed E-state index contributed by atoms with van der Waals surface area (Å²) in [4.78, 5) is 0. The molecule has 0 saturated carbocycles. The average molecular weight is 591 g/mol. The van der Waals surface area contributed by atoms with Crippen molar-refractivity contribution in [2.45, 2.75) is 131 Å². The van der Waals surface area contributed by atoms with E-state index in [2.05, 4.69) is 140 Å². The maximum atomic E-state index is 6.98. The number of hydrogen-bond donors (Lipinski definition) is 0. The van der Waals surface area contributed by atoms with Crippen molar-refractivity contribution >= 4 is 8.60 Å². The molecule has 4 heteroatoms. The highest BCUT2D eigenvalue weighted by atomic mass is 31.2. The van der Waals surface area contributed by atoms with Crippen LogP contribution < -0.4 is 13.6 Å². The molecule has 3 aromatic rings. The van der Waals surface area contributed by atoms with E-state index in [0.29, 0.717) is 0 Å². The van der Waals surface area contributed by atoms with Gasteiger partial charge in [-0.3, -0.25) is 0 Å². The van der Waals surface area contributed by atoms with E-state index < -0.39 is 8.60 Å². The molecule has 3 nitrogen and oxygen atoms in total. The topological polar surface area (TPSA) is 27.7 Å². The van der Waals surface area contributed by atoms with Gasteiger partial charge in [0.25, 0.3) is 0 Å². The Morgan fingerprint density at radius 2 is 0.762 bits per heavy atom. The van der Waals surface area contributed by atoms with Gasteiger partial charge in [-0.25, -0.2) is 0 Å². The van der Waals surface area contributed by atoms with Gasteiger partial charge in [0.2, 0.25) is 0 Å². The van der Waals surface area contributed by atoms with E-state index in [-0.39, 0.29) is 27.1 Å². The first-order valence-corrected chi connectivity index (χ1v) is 16.3. The first-order valence-electron chi connectivity index (χ1n) is 15.2. The molecule has 3 aromatic carbocycles. The number of hydrogen-bond acceptors (Lipinski definition) is 3. The van der Waals surface area contributed by atoms with E-state index in [1.54, 1.807) is 0 Å². The summed E-state index contributed by atoms with van der Waals surface area (Å²) >= 11 is 0. The summed E-state index contributed by atoms with van der Waals surface area (Å²) in [6.07, 6.45) is 0. The van der Waals surface area contributed by atoms with Gasteiger partial charge in [-0.05, 0) is 68.0 Å². The van der Waals surface area contributed by atoms with Crippen LogP contribution in [0.3, 0.4) is 0 Å². The molecule has 0 aliphatic heterocycles. The molecule has 0 saturated heterocycles. The molecule has 0 aromatic heterocycles. The van der Waals surface area contributed by atoms with Crippen molar-refractivity contribution in [3.8, 4) is 17.2 Å². The molecule has 0 amide bonds. The van der Waals surface area contributed by atoms with Crippen LogP contribution in [0, 0.1) is 0 Å². The Balaban J connectivity index is 2.21. The molecular weight excluding hydrogens is 535 g/mol. The summed E-state index contributed by atoms with van der Waals surface area (Å²) in [5.74, 6) is 2.33. The van der Waals surface area contributed by atoms with E-state index in [1.807, 2.05) is 24.3 Å². The lowest BCUT2D eigenvalue weighted by molar-refractivity contribution is 0.374. The van der Waals surface area contributed by atoms with Crippen molar-refractivity contribution in [3.05, 3.63) is 88.5 Å². The minimum atomic E-state index is -1.85. The smallest absolute Gasteiger partial charge is 0.408 e. The van der Waals surface area contributed by atoms with Gasteiger partial charge in [-0.15, -0.1) is 0 Å². The third-order valence-corrected chi connectivity index (χ3v) is 8.55. The van der Waals surface area contributed by atoms with Crippen LogP contribution in [0.4, 0.5) is 0 Å². The summed E-state index contributed by atoms with van der Waals surface area (Å²) in [5, 5.41) is 0. The van der Waals surface area contributed by atoms with Crippen molar-refractivity contribution in [2.75, 3.05) is 0 Å². The Morgan fingerprint density at radius 1 is 0.405 bits per heavy atom. The van der Waals surface area contributed by atoms with Crippen molar-refractivity contribution < 1.29 is 13.6 Å². The quantitative estimate of drug-likeness (QED) is 0.267. The van der Waals surface area contributed by atoms with Gasteiger partial charge in [-0.1, -0.05) is 140 Å². The zero-order valence-electron chi connectivity index (χ0n) is 28.9. The molecule has 0 bridgehead atoms. The Kier molecular flexibility index (Phi) is 9.61. The third kappa shape index (κ3) is 8.76. The Labute approximate surface area is 258 Å². The summed E-state index contributed by atoms with van der Waals surface area (Å²) in [5.41, 5.74) is 5.68. The normalized spacial score (nSPS) is 13.3. The molecule has 42 heavy (non-hydrogen) atoms. The molecule has 0 aliphatic carbocycles. The van der Waals surface area contributed by atoms with E-state index in [1.165, 1.54) is 16.7 Å². The third-order valence-electron chi connectivity index (χ3n) is 7.50. The molecule has 3 rings (SSSR count). The molecular formula is C38H55O3P. The van der Waals surface area contributed by atoms with Gasteiger partial charge < -0.3 is 13.6 Å². The molecule has 0 radical (unpaired) electrons. The average Bonchev–Trinajstić information content (AvgIpc) is 2.81. The van der Waals surface area contributed by atoms with Gasteiger partial charge >= 0.3 is 8.60 Å². The van der Waals surface area contributed by atoms with Crippen LogP contribution in [-0.2, 0) is 27.1 Å². The molecule has 0 spiro atoms. The fourth-order valence-corrected chi connectivity index (χ4v) is 5.64. The van der Waals surface area contributed by atoms with Gasteiger partial charge in [0.1, 0.15) is 17.2 Å². The minimum absolute atomic E-state index is 0.00292. The first-order chi connectivity index (χ1) is 19.0. The van der Waals surface area contributed by atoms with Crippen LogP contribution in [0.5, 0.6) is 17.2 Å². The second kappa shape index (κ2) is 11.9. The summed E-state index contributed by atoms with van der Waals surface area (Å²) in [7, 11) is -1.85. The zero-order valence-corrected chi connectivity index (χ0v) is 29.8. The molecule has 0 atom stereocenters. The molecule has 0 unspecified atom stereocenters. The van der Waals surface area contributed by atoms with Gasteiger partial charge in [0, 0.05) is 11.1 Å². The highest BCUT2D eigenvalue weighted by Gasteiger charge is 2.34. The van der Waals surface area contributed by atoms with Crippen LogP contribution in [-0.4, -0.2) is 0 Å². The fourth-order valence-electron chi connectivity index (χ4n) is 4.62. The van der Waals surface area contributed by atoms with E-state index in [0.717, 1.165) is 28.4 Å². The van der Waals surface area contributed by atoms with Gasteiger partial charge in [0.05, 0.1) is 0 Å². The van der Waals surface area contributed by atoms with Crippen LogP contribution in [0.2, 0.25) is 0 Å².